The fourth-order valence-electron chi connectivity index (χ4n) is 2.31. The Morgan fingerprint density at radius 1 is 1.25 bits per heavy atom. The molecular formula is C16H26N4. The van der Waals surface area contributed by atoms with E-state index in [0.717, 1.165) is 35.7 Å². The Kier molecular flexibility index (Phi) is 3.93. The fraction of sp³-hybridized carbons (Fsp3) is 0.562. The van der Waals surface area contributed by atoms with E-state index >= 15 is 0 Å². The minimum atomic E-state index is 0.375. The third kappa shape index (κ3) is 3.06. The average molecular weight is 274 g/mol. The molecule has 0 amide bonds. The van der Waals surface area contributed by atoms with Crippen LogP contribution in [0.15, 0.2) is 12.1 Å². The zero-order valence-electron chi connectivity index (χ0n) is 13.2. The number of fused-ring (bicyclic) bond motifs is 1. The lowest BCUT2D eigenvalue weighted by molar-refractivity contribution is 0.370. The van der Waals surface area contributed by atoms with E-state index in [2.05, 4.69) is 51.1 Å². The van der Waals surface area contributed by atoms with Gasteiger partial charge in [0.2, 0.25) is 0 Å². The molecule has 3 N–H and O–H groups in total. The Morgan fingerprint density at radius 3 is 2.60 bits per heavy atom. The van der Waals surface area contributed by atoms with E-state index in [-0.39, 0.29) is 0 Å². The summed E-state index contributed by atoms with van der Waals surface area (Å²) in [5, 5.41) is 7.95. The summed E-state index contributed by atoms with van der Waals surface area (Å²) in [6, 6.07) is 4.12. The van der Waals surface area contributed by atoms with Gasteiger partial charge in [-0.25, -0.2) is 4.52 Å². The molecule has 0 atom stereocenters. The normalized spacial score (nSPS) is 12.1. The summed E-state index contributed by atoms with van der Waals surface area (Å²) >= 11 is 0. The number of rotatable bonds is 4. The van der Waals surface area contributed by atoms with Gasteiger partial charge in [-0.2, -0.15) is 0 Å². The van der Waals surface area contributed by atoms with E-state index in [0.29, 0.717) is 5.41 Å². The Bertz CT molecular complexity index is 605. The maximum Gasteiger partial charge on any atom is 0.172 e. The van der Waals surface area contributed by atoms with Crippen molar-refractivity contribution >= 4 is 17.0 Å². The molecule has 0 aliphatic rings. The van der Waals surface area contributed by atoms with E-state index in [4.69, 9.17) is 5.73 Å². The van der Waals surface area contributed by atoms with Gasteiger partial charge in [-0.15, -0.1) is 5.10 Å². The maximum atomic E-state index is 6.18. The highest BCUT2D eigenvalue weighted by Crippen LogP contribution is 2.26. The summed E-state index contributed by atoms with van der Waals surface area (Å²) in [4.78, 5) is 0. The van der Waals surface area contributed by atoms with Gasteiger partial charge in [-0.05, 0) is 43.7 Å². The standard InChI is InChI=1S/C16H26N4/c1-11-7-8-13-14(17)15(19-20(13)12(11)2)18-10-6-9-16(3,4)5/h7-8H,6,9-10,17H2,1-5H3,(H,18,19). The highest BCUT2D eigenvalue weighted by molar-refractivity contribution is 5.81. The minimum absolute atomic E-state index is 0.375. The fourth-order valence-corrected chi connectivity index (χ4v) is 2.31. The number of nitrogens with zero attached hydrogens (tertiary/aromatic N) is 2. The number of nitrogens with one attached hydrogen (secondary N) is 1. The predicted molar refractivity (Wildman–Crippen MR) is 86.3 cm³/mol. The van der Waals surface area contributed by atoms with Crippen LogP contribution in [0.2, 0.25) is 0 Å². The van der Waals surface area contributed by atoms with Crippen LogP contribution in [0, 0.1) is 19.3 Å². The number of nitrogens with two attached hydrogens (primary N) is 1. The Balaban J connectivity index is 2.11. The van der Waals surface area contributed by atoms with Crippen molar-refractivity contribution in [3.63, 3.8) is 0 Å². The van der Waals surface area contributed by atoms with E-state index in [1.807, 2.05) is 10.6 Å². The van der Waals surface area contributed by atoms with Gasteiger partial charge >= 0.3 is 0 Å². The van der Waals surface area contributed by atoms with Crippen molar-refractivity contribution in [3.05, 3.63) is 23.4 Å². The first-order valence-electron chi connectivity index (χ1n) is 7.28. The Morgan fingerprint density at radius 2 is 1.95 bits per heavy atom. The molecule has 0 aromatic carbocycles. The summed E-state index contributed by atoms with van der Waals surface area (Å²) in [6.45, 7) is 11.8. The molecule has 2 rings (SSSR count). The second-order valence-corrected chi connectivity index (χ2v) is 6.75. The molecular weight excluding hydrogens is 248 g/mol. The molecule has 20 heavy (non-hydrogen) atoms. The maximum absolute atomic E-state index is 6.18. The van der Waals surface area contributed by atoms with Crippen LogP contribution in [0.1, 0.15) is 44.9 Å². The van der Waals surface area contributed by atoms with Gasteiger partial charge in [-0.3, -0.25) is 0 Å². The van der Waals surface area contributed by atoms with Crippen molar-refractivity contribution in [2.75, 3.05) is 17.6 Å². The van der Waals surface area contributed by atoms with Gasteiger partial charge in [0, 0.05) is 12.2 Å². The first-order valence-corrected chi connectivity index (χ1v) is 7.28. The van der Waals surface area contributed by atoms with Crippen molar-refractivity contribution < 1.29 is 0 Å². The van der Waals surface area contributed by atoms with Gasteiger partial charge in [0.05, 0.1) is 5.52 Å². The number of aryl methyl sites for hydroxylation is 2. The molecule has 0 radical (unpaired) electrons. The molecule has 4 nitrogen and oxygen atoms in total. The zero-order valence-corrected chi connectivity index (χ0v) is 13.2. The predicted octanol–water partition coefficient (Wildman–Crippen LogP) is 3.77. The third-order valence-corrected chi connectivity index (χ3v) is 3.73. The lowest BCUT2D eigenvalue weighted by atomic mass is 9.91. The van der Waals surface area contributed by atoms with Crippen LogP contribution in [-0.4, -0.2) is 16.2 Å². The SMILES string of the molecule is Cc1ccc2c(N)c(NCCCC(C)(C)C)nn2c1C. The summed E-state index contributed by atoms with van der Waals surface area (Å²) < 4.78 is 1.93. The number of hydrogen-bond donors (Lipinski definition) is 2. The quantitative estimate of drug-likeness (QED) is 0.834. The van der Waals surface area contributed by atoms with Crippen LogP contribution >= 0.6 is 0 Å². The highest BCUT2D eigenvalue weighted by atomic mass is 15.3. The van der Waals surface area contributed by atoms with Crippen molar-refractivity contribution in [2.24, 2.45) is 5.41 Å². The van der Waals surface area contributed by atoms with Crippen LogP contribution in [0.5, 0.6) is 0 Å². The van der Waals surface area contributed by atoms with Crippen LogP contribution < -0.4 is 11.1 Å². The van der Waals surface area contributed by atoms with Crippen molar-refractivity contribution in [2.45, 2.75) is 47.5 Å². The Hall–Kier alpha value is -1.71. The van der Waals surface area contributed by atoms with Crippen LogP contribution in [0.25, 0.3) is 5.52 Å². The molecule has 2 aromatic rings. The molecule has 0 bridgehead atoms. The molecule has 110 valence electrons. The van der Waals surface area contributed by atoms with Crippen LogP contribution in [0.4, 0.5) is 11.5 Å². The molecule has 4 heteroatoms. The van der Waals surface area contributed by atoms with Gasteiger partial charge in [0.15, 0.2) is 5.82 Å². The van der Waals surface area contributed by atoms with Crippen LogP contribution in [-0.2, 0) is 0 Å². The van der Waals surface area contributed by atoms with E-state index in [1.165, 1.54) is 12.0 Å². The number of hydrogen-bond acceptors (Lipinski definition) is 3. The number of anilines is 2. The first kappa shape index (κ1) is 14.7. The summed E-state index contributed by atoms with van der Waals surface area (Å²) in [6.07, 6.45) is 2.31. The summed E-state index contributed by atoms with van der Waals surface area (Å²) in [7, 11) is 0. The molecule has 0 aliphatic heterocycles. The average Bonchev–Trinajstić information content (AvgIpc) is 2.67. The summed E-state index contributed by atoms with van der Waals surface area (Å²) in [5.41, 5.74) is 10.6. The van der Waals surface area contributed by atoms with Gasteiger partial charge in [0.1, 0.15) is 5.69 Å². The third-order valence-electron chi connectivity index (χ3n) is 3.73. The van der Waals surface area contributed by atoms with Crippen molar-refractivity contribution in [1.82, 2.24) is 9.61 Å². The van der Waals surface area contributed by atoms with Gasteiger partial charge in [-0.1, -0.05) is 26.8 Å². The lowest BCUT2D eigenvalue weighted by Gasteiger charge is -2.17. The summed E-state index contributed by atoms with van der Waals surface area (Å²) in [5.74, 6) is 0.799. The van der Waals surface area contributed by atoms with Crippen molar-refractivity contribution in [3.8, 4) is 0 Å². The molecule has 0 unspecified atom stereocenters. The van der Waals surface area contributed by atoms with Crippen molar-refractivity contribution in [1.29, 1.82) is 0 Å². The molecule has 0 fully saturated rings. The van der Waals surface area contributed by atoms with Crippen LogP contribution in [0.3, 0.4) is 0 Å². The molecule has 2 aromatic heterocycles. The zero-order chi connectivity index (χ0) is 14.9. The monoisotopic (exact) mass is 274 g/mol. The highest BCUT2D eigenvalue weighted by Gasteiger charge is 2.12. The van der Waals surface area contributed by atoms with Gasteiger partial charge < -0.3 is 11.1 Å². The first-order chi connectivity index (χ1) is 9.29. The van der Waals surface area contributed by atoms with E-state index < -0.39 is 0 Å². The molecule has 2 heterocycles. The number of pyridine rings is 1. The number of aromatic nitrogens is 2. The van der Waals surface area contributed by atoms with Gasteiger partial charge in [0.25, 0.3) is 0 Å². The number of nitrogen functional groups attached to an aromatic ring is 1. The second-order valence-electron chi connectivity index (χ2n) is 6.75. The molecule has 0 aliphatic carbocycles. The minimum Gasteiger partial charge on any atom is -0.394 e. The Labute approximate surface area is 121 Å². The smallest absolute Gasteiger partial charge is 0.172 e. The largest absolute Gasteiger partial charge is 0.394 e. The van der Waals surface area contributed by atoms with E-state index in [9.17, 15) is 0 Å². The second kappa shape index (κ2) is 5.35. The topological polar surface area (TPSA) is 55.3 Å². The molecule has 0 saturated heterocycles. The van der Waals surface area contributed by atoms with E-state index in [1.54, 1.807) is 0 Å². The molecule has 0 spiro atoms. The lowest BCUT2D eigenvalue weighted by Crippen LogP contribution is -2.10. The molecule has 0 saturated carbocycles.